The molecule has 1 amide bonds. The number of aromatic nitrogens is 2. The van der Waals surface area contributed by atoms with Crippen molar-refractivity contribution < 1.29 is 9.53 Å². The maximum atomic E-state index is 12.2. The third-order valence-electron chi connectivity index (χ3n) is 4.90. The molecule has 0 radical (unpaired) electrons. The van der Waals surface area contributed by atoms with E-state index in [1.165, 1.54) is 11.3 Å². The van der Waals surface area contributed by atoms with Gasteiger partial charge in [-0.15, -0.1) is 0 Å². The van der Waals surface area contributed by atoms with Gasteiger partial charge in [0.1, 0.15) is 6.61 Å². The van der Waals surface area contributed by atoms with E-state index in [4.69, 9.17) is 4.74 Å². The summed E-state index contributed by atoms with van der Waals surface area (Å²) >= 11 is 0. The van der Waals surface area contributed by atoms with Crippen molar-refractivity contribution in [3.63, 3.8) is 0 Å². The lowest BCUT2D eigenvalue weighted by Crippen LogP contribution is -2.33. The highest BCUT2D eigenvalue weighted by Gasteiger charge is 2.25. The number of amides is 1. The standard InChI is InChI=1S/C21H29N3O2/c1-2-3-7-13-26-16-21(25)23-19-11-8-12-20-18(19)14-22-24(20)15-17-9-5-4-6-10-17/h4-6,9-10,14,19H,2-3,7-8,11-13,15-16H2,1H3,(H,23,25). The Hall–Kier alpha value is -2.14. The van der Waals surface area contributed by atoms with Gasteiger partial charge in [0.25, 0.3) is 0 Å². The molecule has 0 saturated heterocycles. The van der Waals surface area contributed by atoms with Crippen LogP contribution in [0.3, 0.4) is 0 Å². The fraction of sp³-hybridized carbons (Fsp3) is 0.524. The summed E-state index contributed by atoms with van der Waals surface area (Å²) in [5.41, 5.74) is 3.64. The Labute approximate surface area is 155 Å². The van der Waals surface area contributed by atoms with Crippen LogP contribution in [0.2, 0.25) is 0 Å². The minimum absolute atomic E-state index is 0.0323. The van der Waals surface area contributed by atoms with Gasteiger partial charge >= 0.3 is 0 Å². The van der Waals surface area contributed by atoms with Gasteiger partial charge in [-0.25, -0.2) is 0 Å². The minimum atomic E-state index is -0.0323. The van der Waals surface area contributed by atoms with E-state index in [0.29, 0.717) is 6.61 Å². The number of hydrogen-bond acceptors (Lipinski definition) is 3. The molecule has 0 bridgehead atoms. The molecule has 0 aliphatic heterocycles. The summed E-state index contributed by atoms with van der Waals surface area (Å²) in [6, 6.07) is 10.4. The Morgan fingerprint density at radius 2 is 2.15 bits per heavy atom. The summed E-state index contributed by atoms with van der Waals surface area (Å²) in [6.07, 6.45) is 8.29. The predicted octanol–water partition coefficient (Wildman–Crippen LogP) is 3.63. The van der Waals surface area contributed by atoms with Gasteiger partial charge in [0.2, 0.25) is 5.91 Å². The van der Waals surface area contributed by atoms with Gasteiger partial charge in [-0.2, -0.15) is 5.10 Å². The highest BCUT2D eigenvalue weighted by molar-refractivity contribution is 5.77. The van der Waals surface area contributed by atoms with E-state index >= 15 is 0 Å². The lowest BCUT2D eigenvalue weighted by atomic mass is 9.93. The summed E-state index contributed by atoms with van der Waals surface area (Å²) in [5.74, 6) is -0.0323. The fourth-order valence-corrected chi connectivity index (χ4v) is 3.52. The van der Waals surface area contributed by atoms with Crippen LogP contribution < -0.4 is 5.32 Å². The van der Waals surface area contributed by atoms with E-state index in [0.717, 1.165) is 50.6 Å². The van der Waals surface area contributed by atoms with Crippen LogP contribution in [0.15, 0.2) is 36.5 Å². The van der Waals surface area contributed by atoms with Crippen molar-refractivity contribution in [1.82, 2.24) is 15.1 Å². The summed E-state index contributed by atoms with van der Waals surface area (Å²) in [5, 5.41) is 7.71. The number of carbonyl (C=O) groups excluding carboxylic acids is 1. The monoisotopic (exact) mass is 355 g/mol. The van der Waals surface area contributed by atoms with Crippen LogP contribution in [0.25, 0.3) is 0 Å². The highest BCUT2D eigenvalue weighted by atomic mass is 16.5. The molecule has 1 heterocycles. The number of hydrogen-bond donors (Lipinski definition) is 1. The molecule has 3 rings (SSSR count). The number of fused-ring (bicyclic) bond motifs is 1. The van der Waals surface area contributed by atoms with Gasteiger partial charge in [-0.1, -0.05) is 50.1 Å². The second-order valence-electron chi connectivity index (χ2n) is 6.96. The van der Waals surface area contributed by atoms with Gasteiger partial charge in [-0.3, -0.25) is 9.48 Å². The van der Waals surface area contributed by atoms with E-state index in [1.54, 1.807) is 0 Å². The molecule has 1 aromatic carbocycles. The molecule has 26 heavy (non-hydrogen) atoms. The first-order chi connectivity index (χ1) is 12.8. The lowest BCUT2D eigenvalue weighted by Gasteiger charge is -2.24. The first-order valence-electron chi connectivity index (χ1n) is 9.73. The van der Waals surface area contributed by atoms with Crippen molar-refractivity contribution in [2.24, 2.45) is 0 Å². The van der Waals surface area contributed by atoms with Crippen LogP contribution in [0, 0.1) is 0 Å². The highest BCUT2D eigenvalue weighted by Crippen LogP contribution is 2.29. The van der Waals surface area contributed by atoms with Crippen LogP contribution in [0.4, 0.5) is 0 Å². The number of nitrogens with zero attached hydrogens (tertiary/aromatic N) is 2. The number of ether oxygens (including phenoxy) is 1. The van der Waals surface area contributed by atoms with Gasteiger partial charge < -0.3 is 10.1 Å². The van der Waals surface area contributed by atoms with Crippen LogP contribution >= 0.6 is 0 Å². The molecule has 1 aromatic heterocycles. The molecule has 1 N–H and O–H groups in total. The minimum Gasteiger partial charge on any atom is -0.372 e. The van der Waals surface area contributed by atoms with Crippen molar-refractivity contribution in [1.29, 1.82) is 0 Å². The Bertz CT molecular complexity index is 697. The molecule has 1 aliphatic rings. The number of carbonyl (C=O) groups is 1. The molecule has 2 aromatic rings. The van der Waals surface area contributed by atoms with Crippen molar-refractivity contribution in [3.8, 4) is 0 Å². The van der Waals surface area contributed by atoms with E-state index < -0.39 is 0 Å². The van der Waals surface area contributed by atoms with Gasteiger partial charge in [-0.05, 0) is 31.2 Å². The zero-order chi connectivity index (χ0) is 18.2. The Balaban J connectivity index is 1.56. The molecule has 5 heteroatoms. The van der Waals surface area contributed by atoms with Crippen LogP contribution in [-0.4, -0.2) is 28.9 Å². The van der Waals surface area contributed by atoms with Crippen molar-refractivity contribution in [2.75, 3.05) is 13.2 Å². The maximum Gasteiger partial charge on any atom is 0.246 e. The molecule has 1 atom stereocenters. The quantitative estimate of drug-likeness (QED) is 0.699. The molecular weight excluding hydrogens is 326 g/mol. The van der Waals surface area contributed by atoms with Crippen molar-refractivity contribution in [2.45, 2.75) is 58.0 Å². The summed E-state index contributed by atoms with van der Waals surface area (Å²) < 4.78 is 7.55. The average molecular weight is 355 g/mol. The summed E-state index contributed by atoms with van der Waals surface area (Å²) in [4.78, 5) is 12.2. The molecular formula is C21H29N3O2. The second kappa shape index (κ2) is 9.53. The number of rotatable bonds is 9. The Morgan fingerprint density at radius 3 is 2.96 bits per heavy atom. The zero-order valence-electron chi connectivity index (χ0n) is 15.6. The Morgan fingerprint density at radius 1 is 1.31 bits per heavy atom. The average Bonchev–Trinajstić information content (AvgIpc) is 3.06. The smallest absolute Gasteiger partial charge is 0.246 e. The predicted molar refractivity (Wildman–Crippen MR) is 102 cm³/mol. The third kappa shape index (κ3) is 4.94. The van der Waals surface area contributed by atoms with E-state index in [1.807, 2.05) is 12.3 Å². The SMILES string of the molecule is CCCCCOCC(=O)NC1CCCc2c1cnn2Cc1ccccc1. The fourth-order valence-electron chi connectivity index (χ4n) is 3.52. The van der Waals surface area contributed by atoms with E-state index in [2.05, 4.69) is 46.3 Å². The number of benzene rings is 1. The maximum absolute atomic E-state index is 12.2. The first-order valence-corrected chi connectivity index (χ1v) is 9.73. The third-order valence-corrected chi connectivity index (χ3v) is 4.90. The molecule has 1 unspecified atom stereocenters. The van der Waals surface area contributed by atoms with Crippen LogP contribution in [0.1, 0.15) is 61.9 Å². The summed E-state index contributed by atoms with van der Waals surface area (Å²) in [7, 11) is 0. The van der Waals surface area contributed by atoms with Crippen molar-refractivity contribution in [3.05, 3.63) is 53.3 Å². The first kappa shape index (κ1) is 18.6. The number of unbranched alkanes of at least 4 members (excludes halogenated alkanes) is 2. The second-order valence-corrected chi connectivity index (χ2v) is 6.96. The zero-order valence-corrected chi connectivity index (χ0v) is 15.6. The largest absolute Gasteiger partial charge is 0.372 e. The van der Waals surface area contributed by atoms with E-state index in [9.17, 15) is 4.79 Å². The van der Waals surface area contributed by atoms with Gasteiger partial charge in [0.15, 0.2) is 0 Å². The molecule has 0 spiro atoms. The molecule has 140 valence electrons. The lowest BCUT2D eigenvalue weighted by molar-refractivity contribution is -0.126. The van der Waals surface area contributed by atoms with Crippen LogP contribution in [0.5, 0.6) is 0 Å². The van der Waals surface area contributed by atoms with Gasteiger partial charge in [0, 0.05) is 17.9 Å². The topological polar surface area (TPSA) is 56.1 Å². The van der Waals surface area contributed by atoms with E-state index in [-0.39, 0.29) is 18.6 Å². The molecule has 5 nitrogen and oxygen atoms in total. The van der Waals surface area contributed by atoms with Crippen LogP contribution in [-0.2, 0) is 22.5 Å². The van der Waals surface area contributed by atoms with Gasteiger partial charge in [0.05, 0.1) is 18.8 Å². The Kier molecular flexibility index (Phi) is 6.83. The molecule has 1 aliphatic carbocycles. The normalized spacial score (nSPS) is 16.3. The van der Waals surface area contributed by atoms with Crippen molar-refractivity contribution >= 4 is 5.91 Å². The molecule has 0 saturated carbocycles. The number of nitrogens with one attached hydrogen (secondary N) is 1. The molecule has 0 fully saturated rings. The summed E-state index contributed by atoms with van der Waals surface area (Å²) in [6.45, 7) is 3.74.